The number of pyridine rings is 1. The van der Waals surface area contributed by atoms with Gasteiger partial charge in [0.2, 0.25) is 0 Å². The Morgan fingerprint density at radius 3 is 2.53 bits per heavy atom. The van der Waals surface area contributed by atoms with Crippen molar-refractivity contribution in [2.75, 3.05) is 46.6 Å². The zero-order chi connectivity index (χ0) is 24.3. The standard InChI is InChI=1S/C29H28N4O3/c1-34-26-12-11-21(19-27(26)36-18-15-32-13-16-35-17-14-32)28-24-20-30-25-10-6-5-9-23(25)29(24)33(31-28)22-7-3-2-4-8-22/h2-12,19-20H,13-18H2,1H3. The number of fused-ring (bicyclic) bond motifs is 3. The minimum absolute atomic E-state index is 0.575. The van der Waals surface area contributed by atoms with Crippen LogP contribution in [0.1, 0.15) is 0 Å². The average Bonchev–Trinajstić information content (AvgIpc) is 3.34. The Morgan fingerprint density at radius 2 is 1.69 bits per heavy atom. The maximum atomic E-state index is 6.21. The molecular formula is C29H28N4O3. The van der Waals surface area contributed by atoms with Crippen LogP contribution < -0.4 is 9.47 Å². The fourth-order valence-electron chi connectivity index (χ4n) is 4.75. The van der Waals surface area contributed by atoms with Gasteiger partial charge in [-0.3, -0.25) is 9.88 Å². The Kier molecular flexibility index (Phi) is 6.24. The van der Waals surface area contributed by atoms with Crippen LogP contribution in [-0.4, -0.2) is 66.2 Å². The van der Waals surface area contributed by atoms with E-state index in [0.717, 1.165) is 71.6 Å². The van der Waals surface area contributed by atoms with Crippen molar-refractivity contribution in [3.05, 3.63) is 79.0 Å². The van der Waals surface area contributed by atoms with Crippen molar-refractivity contribution in [3.8, 4) is 28.4 Å². The van der Waals surface area contributed by atoms with Crippen molar-refractivity contribution in [1.29, 1.82) is 0 Å². The van der Waals surface area contributed by atoms with Gasteiger partial charge in [-0.15, -0.1) is 0 Å². The second-order valence-electron chi connectivity index (χ2n) is 8.80. The van der Waals surface area contributed by atoms with E-state index in [4.69, 9.17) is 24.3 Å². The average molecular weight is 481 g/mol. The largest absolute Gasteiger partial charge is 0.493 e. The van der Waals surface area contributed by atoms with E-state index in [9.17, 15) is 0 Å². The molecular weight excluding hydrogens is 452 g/mol. The van der Waals surface area contributed by atoms with Crippen molar-refractivity contribution in [3.63, 3.8) is 0 Å². The number of morpholine rings is 1. The van der Waals surface area contributed by atoms with Gasteiger partial charge in [-0.1, -0.05) is 36.4 Å². The number of rotatable bonds is 7. The summed E-state index contributed by atoms with van der Waals surface area (Å²) in [6.45, 7) is 4.84. The molecule has 5 aromatic rings. The van der Waals surface area contributed by atoms with Gasteiger partial charge in [0.25, 0.3) is 0 Å². The quantitative estimate of drug-likeness (QED) is 0.328. The van der Waals surface area contributed by atoms with Crippen molar-refractivity contribution >= 4 is 21.8 Å². The lowest BCUT2D eigenvalue weighted by atomic mass is 10.1. The molecule has 0 N–H and O–H groups in total. The highest BCUT2D eigenvalue weighted by Gasteiger charge is 2.19. The molecule has 0 atom stereocenters. The molecule has 1 saturated heterocycles. The summed E-state index contributed by atoms with van der Waals surface area (Å²) in [5.41, 5.74) is 4.78. The van der Waals surface area contributed by atoms with Crippen molar-refractivity contribution in [1.82, 2.24) is 19.7 Å². The van der Waals surface area contributed by atoms with E-state index in [0.29, 0.717) is 18.1 Å². The lowest BCUT2D eigenvalue weighted by Crippen LogP contribution is -2.38. The zero-order valence-corrected chi connectivity index (χ0v) is 20.3. The Balaban J connectivity index is 1.42. The monoisotopic (exact) mass is 480 g/mol. The molecule has 1 aliphatic heterocycles. The first kappa shape index (κ1) is 22.5. The van der Waals surface area contributed by atoms with E-state index in [1.807, 2.05) is 65.5 Å². The lowest BCUT2D eigenvalue weighted by Gasteiger charge is -2.26. The molecule has 1 aliphatic rings. The highest BCUT2D eigenvalue weighted by atomic mass is 16.5. The summed E-state index contributed by atoms with van der Waals surface area (Å²) in [7, 11) is 1.67. The third-order valence-corrected chi connectivity index (χ3v) is 6.62. The van der Waals surface area contributed by atoms with Gasteiger partial charge in [0.1, 0.15) is 12.3 Å². The van der Waals surface area contributed by atoms with E-state index >= 15 is 0 Å². The molecule has 0 radical (unpaired) electrons. The molecule has 3 heterocycles. The molecule has 0 saturated carbocycles. The predicted octanol–water partition coefficient (Wildman–Crippen LogP) is 4.96. The second kappa shape index (κ2) is 9.97. The fourth-order valence-corrected chi connectivity index (χ4v) is 4.75. The second-order valence-corrected chi connectivity index (χ2v) is 8.80. The topological polar surface area (TPSA) is 61.6 Å². The van der Waals surface area contributed by atoms with Crippen LogP contribution in [0.2, 0.25) is 0 Å². The molecule has 0 spiro atoms. The Hall–Kier alpha value is -3.94. The van der Waals surface area contributed by atoms with E-state index < -0.39 is 0 Å². The van der Waals surface area contributed by atoms with Crippen molar-refractivity contribution < 1.29 is 14.2 Å². The fraction of sp³-hybridized carbons (Fsp3) is 0.241. The van der Waals surface area contributed by atoms with Gasteiger partial charge in [-0.25, -0.2) is 4.68 Å². The Morgan fingerprint density at radius 1 is 0.889 bits per heavy atom. The lowest BCUT2D eigenvalue weighted by molar-refractivity contribution is 0.0321. The minimum atomic E-state index is 0.575. The maximum Gasteiger partial charge on any atom is 0.161 e. The van der Waals surface area contributed by atoms with Gasteiger partial charge in [-0.2, -0.15) is 5.10 Å². The van der Waals surface area contributed by atoms with Crippen LogP contribution in [0.25, 0.3) is 38.8 Å². The first-order chi connectivity index (χ1) is 17.8. The number of para-hydroxylation sites is 2. The summed E-state index contributed by atoms with van der Waals surface area (Å²) >= 11 is 0. The predicted molar refractivity (Wildman–Crippen MR) is 141 cm³/mol. The first-order valence-electron chi connectivity index (χ1n) is 12.2. The zero-order valence-electron chi connectivity index (χ0n) is 20.3. The molecule has 0 unspecified atom stereocenters. The molecule has 7 nitrogen and oxygen atoms in total. The number of benzene rings is 3. The molecule has 6 rings (SSSR count). The number of nitrogens with zero attached hydrogens (tertiary/aromatic N) is 4. The summed E-state index contributed by atoms with van der Waals surface area (Å²) in [5, 5.41) is 7.14. The molecule has 0 bridgehead atoms. The minimum Gasteiger partial charge on any atom is -0.493 e. The molecule has 2 aromatic heterocycles. The molecule has 36 heavy (non-hydrogen) atoms. The number of ether oxygens (including phenoxy) is 3. The highest BCUT2D eigenvalue weighted by Crippen LogP contribution is 2.37. The van der Waals surface area contributed by atoms with Crippen LogP contribution in [0, 0.1) is 0 Å². The van der Waals surface area contributed by atoms with E-state index in [1.165, 1.54) is 0 Å². The van der Waals surface area contributed by atoms with Gasteiger partial charge in [0.15, 0.2) is 11.5 Å². The summed E-state index contributed by atoms with van der Waals surface area (Å²) < 4.78 is 19.3. The van der Waals surface area contributed by atoms with Gasteiger partial charge in [0, 0.05) is 42.2 Å². The smallest absolute Gasteiger partial charge is 0.161 e. The van der Waals surface area contributed by atoms with Gasteiger partial charge >= 0.3 is 0 Å². The molecule has 1 fully saturated rings. The summed E-state index contributed by atoms with van der Waals surface area (Å²) in [5.74, 6) is 1.41. The molecule has 0 amide bonds. The normalized spacial score (nSPS) is 14.4. The van der Waals surface area contributed by atoms with Gasteiger partial charge in [0.05, 0.1) is 37.0 Å². The Labute approximate surface area is 209 Å². The first-order valence-corrected chi connectivity index (χ1v) is 12.2. The van der Waals surface area contributed by atoms with Crippen LogP contribution in [0.5, 0.6) is 11.5 Å². The van der Waals surface area contributed by atoms with Crippen LogP contribution in [-0.2, 0) is 4.74 Å². The van der Waals surface area contributed by atoms with Crippen LogP contribution >= 0.6 is 0 Å². The van der Waals surface area contributed by atoms with Crippen LogP contribution in [0.15, 0.2) is 79.0 Å². The number of aromatic nitrogens is 3. The SMILES string of the molecule is COc1ccc(-c2nn(-c3ccccc3)c3c2cnc2ccccc23)cc1OCCN1CCOCC1. The third-order valence-electron chi connectivity index (χ3n) is 6.62. The van der Waals surface area contributed by atoms with E-state index in [1.54, 1.807) is 7.11 Å². The summed E-state index contributed by atoms with van der Waals surface area (Å²) in [6, 6.07) is 24.4. The third kappa shape index (κ3) is 4.27. The molecule has 7 heteroatoms. The maximum absolute atomic E-state index is 6.21. The van der Waals surface area contributed by atoms with Crippen LogP contribution in [0.4, 0.5) is 0 Å². The van der Waals surface area contributed by atoms with Crippen molar-refractivity contribution in [2.24, 2.45) is 0 Å². The van der Waals surface area contributed by atoms with Crippen molar-refractivity contribution in [2.45, 2.75) is 0 Å². The van der Waals surface area contributed by atoms with E-state index in [-0.39, 0.29) is 0 Å². The number of methoxy groups -OCH3 is 1. The molecule has 0 aliphatic carbocycles. The highest BCUT2D eigenvalue weighted by molar-refractivity contribution is 6.08. The number of hydrogen-bond acceptors (Lipinski definition) is 6. The molecule has 3 aromatic carbocycles. The Bertz CT molecular complexity index is 1490. The molecule has 182 valence electrons. The van der Waals surface area contributed by atoms with Gasteiger partial charge in [-0.05, 0) is 36.4 Å². The van der Waals surface area contributed by atoms with Crippen LogP contribution in [0.3, 0.4) is 0 Å². The van der Waals surface area contributed by atoms with E-state index in [2.05, 4.69) is 23.1 Å². The summed E-state index contributed by atoms with van der Waals surface area (Å²) in [6.07, 6.45) is 1.92. The van der Waals surface area contributed by atoms with Gasteiger partial charge < -0.3 is 14.2 Å². The summed E-state index contributed by atoms with van der Waals surface area (Å²) in [4.78, 5) is 7.09. The number of hydrogen-bond donors (Lipinski definition) is 0.